The van der Waals surface area contributed by atoms with Gasteiger partial charge in [-0.05, 0) is 43.8 Å². The first-order valence-corrected chi connectivity index (χ1v) is 8.18. The fourth-order valence-electron chi connectivity index (χ4n) is 3.77. The van der Waals surface area contributed by atoms with Crippen LogP contribution in [-0.4, -0.2) is 24.5 Å². The summed E-state index contributed by atoms with van der Waals surface area (Å²) in [6.07, 6.45) is 6.72. The van der Waals surface area contributed by atoms with E-state index < -0.39 is 0 Å². The molecular formula is C18H30N2. The molecule has 0 spiro atoms. The molecule has 0 aliphatic heterocycles. The van der Waals surface area contributed by atoms with Crippen LogP contribution >= 0.6 is 0 Å². The van der Waals surface area contributed by atoms with Crippen molar-refractivity contribution in [3.05, 3.63) is 35.9 Å². The molecule has 2 N–H and O–H groups in total. The average molecular weight is 274 g/mol. The number of nitrogens with two attached hydrogens (primary N) is 1. The lowest BCUT2D eigenvalue weighted by molar-refractivity contribution is 0.0947. The van der Waals surface area contributed by atoms with Gasteiger partial charge in [-0.15, -0.1) is 0 Å². The molecule has 1 fully saturated rings. The van der Waals surface area contributed by atoms with Crippen LogP contribution in [0, 0.1) is 11.8 Å². The second-order valence-corrected chi connectivity index (χ2v) is 6.43. The van der Waals surface area contributed by atoms with Crippen LogP contribution in [0.2, 0.25) is 0 Å². The van der Waals surface area contributed by atoms with Crippen molar-refractivity contribution in [3.63, 3.8) is 0 Å². The molecule has 0 heterocycles. The Bertz CT molecular complexity index is 376. The molecule has 1 aliphatic carbocycles. The Morgan fingerprint density at radius 1 is 1.20 bits per heavy atom. The zero-order valence-electron chi connectivity index (χ0n) is 13.1. The maximum absolute atomic E-state index is 6.02. The highest BCUT2D eigenvalue weighted by Crippen LogP contribution is 2.34. The Balaban J connectivity index is 1.98. The summed E-state index contributed by atoms with van der Waals surface area (Å²) in [6, 6.07) is 11.4. The van der Waals surface area contributed by atoms with Gasteiger partial charge in [0.1, 0.15) is 0 Å². The second-order valence-electron chi connectivity index (χ2n) is 6.43. The summed E-state index contributed by atoms with van der Waals surface area (Å²) in [5, 5.41) is 0. The minimum absolute atomic E-state index is 0.658. The van der Waals surface area contributed by atoms with Gasteiger partial charge >= 0.3 is 0 Å². The average Bonchev–Trinajstić information content (AvgIpc) is 2.48. The predicted molar refractivity (Wildman–Crippen MR) is 86.5 cm³/mol. The van der Waals surface area contributed by atoms with Crippen molar-refractivity contribution >= 4 is 0 Å². The van der Waals surface area contributed by atoms with Gasteiger partial charge in [0.25, 0.3) is 0 Å². The van der Waals surface area contributed by atoms with E-state index in [-0.39, 0.29) is 0 Å². The van der Waals surface area contributed by atoms with Gasteiger partial charge in [0.15, 0.2) is 0 Å². The van der Waals surface area contributed by atoms with E-state index in [0.717, 1.165) is 19.0 Å². The lowest BCUT2D eigenvalue weighted by Gasteiger charge is -2.41. The van der Waals surface area contributed by atoms with E-state index in [2.05, 4.69) is 49.2 Å². The molecule has 0 radical (unpaired) electrons. The fourth-order valence-corrected chi connectivity index (χ4v) is 3.77. The van der Waals surface area contributed by atoms with Crippen LogP contribution in [0.4, 0.5) is 0 Å². The summed E-state index contributed by atoms with van der Waals surface area (Å²) >= 11 is 0. The molecule has 0 bridgehead atoms. The van der Waals surface area contributed by atoms with Gasteiger partial charge in [0.05, 0.1) is 0 Å². The third kappa shape index (κ3) is 4.07. The quantitative estimate of drug-likeness (QED) is 0.857. The number of benzene rings is 1. The molecule has 1 saturated carbocycles. The van der Waals surface area contributed by atoms with Gasteiger partial charge in [-0.2, -0.15) is 0 Å². The van der Waals surface area contributed by atoms with Crippen molar-refractivity contribution in [1.29, 1.82) is 0 Å². The Hall–Kier alpha value is -0.860. The molecule has 1 aliphatic rings. The summed E-state index contributed by atoms with van der Waals surface area (Å²) in [5.41, 5.74) is 7.42. The molecule has 112 valence electrons. The molecule has 3 atom stereocenters. The molecule has 20 heavy (non-hydrogen) atoms. The maximum atomic E-state index is 6.02. The minimum atomic E-state index is 0.658. The van der Waals surface area contributed by atoms with E-state index in [1.165, 1.54) is 37.7 Å². The zero-order chi connectivity index (χ0) is 14.4. The molecule has 2 rings (SSSR count). The minimum Gasteiger partial charge on any atom is -0.330 e. The first-order chi connectivity index (χ1) is 9.74. The lowest BCUT2D eigenvalue weighted by atomic mass is 9.76. The fraction of sp³-hybridized carbons (Fsp3) is 0.667. The normalized spacial score (nSPS) is 26.9. The highest BCUT2D eigenvalue weighted by molar-refractivity contribution is 5.14. The molecule has 3 unspecified atom stereocenters. The van der Waals surface area contributed by atoms with Crippen LogP contribution in [0.1, 0.15) is 44.6 Å². The van der Waals surface area contributed by atoms with Crippen molar-refractivity contribution in [2.75, 3.05) is 13.6 Å². The van der Waals surface area contributed by atoms with E-state index in [4.69, 9.17) is 5.73 Å². The van der Waals surface area contributed by atoms with Crippen molar-refractivity contribution in [2.24, 2.45) is 17.6 Å². The highest BCUT2D eigenvalue weighted by atomic mass is 15.1. The largest absolute Gasteiger partial charge is 0.330 e. The van der Waals surface area contributed by atoms with Crippen LogP contribution in [0.25, 0.3) is 0 Å². The zero-order valence-corrected chi connectivity index (χ0v) is 13.1. The van der Waals surface area contributed by atoms with Crippen LogP contribution in [0.5, 0.6) is 0 Å². The topological polar surface area (TPSA) is 29.3 Å². The molecule has 2 heteroatoms. The van der Waals surface area contributed by atoms with Crippen molar-refractivity contribution in [2.45, 2.75) is 51.6 Å². The molecule has 1 aromatic rings. The van der Waals surface area contributed by atoms with E-state index >= 15 is 0 Å². The van der Waals surface area contributed by atoms with E-state index in [1.807, 2.05) is 0 Å². The summed E-state index contributed by atoms with van der Waals surface area (Å²) in [4.78, 5) is 2.54. The third-order valence-corrected chi connectivity index (χ3v) is 4.91. The number of nitrogens with zero attached hydrogens (tertiary/aromatic N) is 1. The van der Waals surface area contributed by atoms with Crippen LogP contribution < -0.4 is 5.73 Å². The van der Waals surface area contributed by atoms with Gasteiger partial charge < -0.3 is 5.73 Å². The number of hydrogen-bond acceptors (Lipinski definition) is 2. The standard InChI is InChI=1S/C18H30N2/c1-3-7-15-10-11-17(13-19)18(12-15)20(2)14-16-8-5-4-6-9-16/h4-6,8-9,15,17-18H,3,7,10-14,19H2,1-2H3. The Morgan fingerprint density at radius 2 is 1.95 bits per heavy atom. The van der Waals surface area contributed by atoms with Crippen molar-refractivity contribution in [1.82, 2.24) is 4.90 Å². The van der Waals surface area contributed by atoms with E-state index in [9.17, 15) is 0 Å². The first-order valence-electron chi connectivity index (χ1n) is 8.18. The maximum Gasteiger partial charge on any atom is 0.0233 e. The third-order valence-electron chi connectivity index (χ3n) is 4.91. The molecule has 0 aromatic heterocycles. The summed E-state index contributed by atoms with van der Waals surface area (Å²) in [7, 11) is 2.27. The van der Waals surface area contributed by atoms with Gasteiger partial charge in [-0.1, -0.05) is 56.5 Å². The second kappa shape index (κ2) is 7.80. The van der Waals surface area contributed by atoms with E-state index in [1.54, 1.807) is 0 Å². The smallest absolute Gasteiger partial charge is 0.0233 e. The molecule has 0 amide bonds. The van der Waals surface area contributed by atoms with E-state index in [0.29, 0.717) is 12.0 Å². The molecule has 1 aromatic carbocycles. The van der Waals surface area contributed by atoms with Gasteiger partial charge in [0.2, 0.25) is 0 Å². The number of rotatable bonds is 6. The predicted octanol–water partition coefficient (Wildman–Crippen LogP) is 3.66. The summed E-state index contributed by atoms with van der Waals surface area (Å²) in [5.74, 6) is 1.59. The van der Waals surface area contributed by atoms with Gasteiger partial charge in [-0.3, -0.25) is 4.90 Å². The Labute approximate surface area is 124 Å². The first kappa shape index (κ1) is 15.5. The van der Waals surface area contributed by atoms with Crippen LogP contribution in [-0.2, 0) is 6.54 Å². The number of hydrogen-bond donors (Lipinski definition) is 1. The van der Waals surface area contributed by atoms with Gasteiger partial charge in [0, 0.05) is 12.6 Å². The monoisotopic (exact) mass is 274 g/mol. The highest BCUT2D eigenvalue weighted by Gasteiger charge is 2.31. The summed E-state index contributed by atoms with van der Waals surface area (Å²) < 4.78 is 0. The summed E-state index contributed by atoms with van der Waals surface area (Å²) in [6.45, 7) is 4.18. The molecule has 2 nitrogen and oxygen atoms in total. The Morgan fingerprint density at radius 3 is 2.60 bits per heavy atom. The van der Waals surface area contributed by atoms with Crippen LogP contribution in [0.15, 0.2) is 30.3 Å². The van der Waals surface area contributed by atoms with Crippen LogP contribution in [0.3, 0.4) is 0 Å². The molecule has 0 saturated heterocycles. The SMILES string of the molecule is CCCC1CCC(CN)C(N(C)Cc2ccccc2)C1. The van der Waals surface area contributed by atoms with Crippen molar-refractivity contribution in [3.8, 4) is 0 Å². The Kier molecular flexibility index (Phi) is 6.06. The molecular weight excluding hydrogens is 244 g/mol. The lowest BCUT2D eigenvalue weighted by Crippen LogP contribution is -2.44. The van der Waals surface area contributed by atoms with Crippen molar-refractivity contribution < 1.29 is 0 Å². The van der Waals surface area contributed by atoms with Gasteiger partial charge in [-0.25, -0.2) is 0 Å².